The van der Waals surface area contributed by atoms with Crippen molar-refractivity contribution in [1.29, 1.82) is 0 Å². The summed E-state index contributed by atoms with van der Waals surface area (Å²) < 4.78 is 0. The van der Waals surface area contributed by atoms with E-state index in [1.165, 1.54) is 31.2 Å². The van der Waals surface area contributed by atoms with Crippen molar-refractivity contribution in [2.45, 2.75) is 13.0 Å². The molecule has 2 aromatic rings. The topological polar surface area (TPSA) is 179 Å². The maximum absolute atomic E-state index is 12.9. The molecule has 27 heavy (non-hydrogen) atoms. The van der Waals surface area contributed by atoms with Crippen molar-refractivity contribution in [2.75, 3.05) is 11.1 Å². The Morgan fingerprint density at radius 3 is 2.26 bits per heavy atom. The highest BCUT2D eigenvalue weighted by Gasteiger charge is 2.35. The van der Waals surface area contributed by atoms with E-state index in [0.29, 0.717) is 0 Å². The Morgan fingerprint density at radius 2 is 1.74 bits per heavy atom. The van der Waals surface area contributed by atoms with Gasteiger partial charge in [-0.2, -0.15) is 0 Å². The summed E-state index contributed by atoms with van der Waals surface area (Å²) in [5, 5.41) is 34.3. The van der Waals surface area contributed by atoms with Crippen molar-refractivity contribution in [3.8, 4) is 0 Å². The lowest BCUT2D eigenvalue weighted by molar-refractivity contribution is -0.394. The molecule has 4 N–H and O–H groups in total. The number of benzene rings is 2. The first-order valence-corrected chi connectivity index (χ1v) is 7.49. The number of nitro benzene ring substituents is 2. The van der Waals surface area contributed by atoms with Gasteiger partial charge in [-0.15, -0.1) is 0 Å². The van der Waals surface area contributed by atoms with Gasteiger partial charge >= 0.3 is 11.7 Å². The lowest BCUT2D eigenvalue weighted by Crippen LogP contribution is -2.26. The van der Waals surface area contributed by atoms with Crippen molar-refractivity contribution >= 4 is 34.5 Å². The molecule has 1 unspecified atom stereocenters. The normalized spacial score (nSPS) is 11.4. The summed E-state index contributed by atoms with van der Waals surface area (Å²) in [7, 11) is 0. The van der Waals surface area contributed by atoms with Gasteiger partial charge < -0.3 is 16.2 Å². The highest BCUT2D eigenvalue weighted by atomic mass is 16.6. The van der Waals surface area contributed by atoms with Crippen LogP contribution in [0.15, 0.2) is 36.4 Å². The maximum Gasteiger partial charge on any atom is 0.325 e. The number of nitrogens with zero attached hydrogens (tertiary/aromatic N) is 2. The number of nitrogens with one attached hydrogen (secondary N) is 1. The molecule has 11 heteroatoms. The lowest BCUT2D eigenvalue weighted by atomic mass is 9.97. The number of ketones is 1. The molecule has 0 aliphatic carbocycles. The monoisotopic (exact) mass is 374 g/mol. The van der Waals surface area contributed by atoms with Gasteiger partial charge in [-0.3, -0.25) is 29.8 Å². The summed E-state index contributed by atoms with van der Waals surface area (Å²) in [6.07, 6.45) is 0. The van der Waals surface area contributed by atoms with E-state index in [1.807, 2.05) is 0 Å². The van der Waals surface area contributed by atoms with Gasteiger partial charge in [0.2, 0.25) is 5.78 Å². The van der Waals surface area contributed by atoms with Crippen LogP contribution < -0.4 is 11.1 Å². The minimum atomic E-state index is -1.30. The summed E-state index contributed by atoms with van der Waals surface area (Å²) >= 11 is 0. The Balaban J connectivity index is 2.77. The number of nitro groups is 2. The van der Waals surface area contributed by atoms with Gasteiger partial charge in [0.15, 0.2) is 5.56 Å². The van der Waals surface area contributed by atoms with Crippen molar-refractivity contribution in [2.24, 2.45) is 0 Å². The summed E-state index contributed by atoms with van der Waals surface area (Å²) in [4.78, 5) is 44.9. The van der Waals surface area contributed by atoms with E-state index in [9.17, 15) is 29.8 Å². The van der Waals surface area contributed by atoms with Gasteiger partial charge in [-0.1, -0.05) is 12.1 Å². The summed E-state index contributed by atoms with van der Waals surface area (Å²) in [6.45, 7) is 1.23. The van der Waals surface area contributed by atoms with Gasteiger partial charge in [0.1, 0.15) is 11.7 Å². The number of rotatable bonds is 7. The molecule has 140 valence electrons. The average Bonchev–Trinajstić information content (AvgIpc) is 2.60. The van der Waals surface area contributed by atoms with Crippen LogP contribution in [0.3, 0.4) is 0 Å². The van der Waals surface area contributed by atoms with Crippen LogP contribution in [-0.4, -0.2) is 32.7 Å². The maximum atomic E-state index is 12.9. The number of carbonyl (C=O) groups excluding carboxylic acids is 1. The highest BCUT2D eigenvalue weighted by molar-refractivity contribution is 6.17. The van der Waals surface area contributed by atoms with Crippen molar-refractivity contribution in [1.82, 2.24) is 0 Å². The summed E-state index contributed by atoms with van der Waals surface area (Å²) in [5.74, 6) is -2.32. The number of aliphatic carboxylic acids is 1. The van der Waals surface area contributed by atoms with Crippen LogP contribution in [0.5, 0.6) is 0 Å². The molecule has 0 saturated carbocycles. The Labute approximate surface area is 151 Å². The van der Waals surface area contributed by atoms with Crippen LogP contribution in [0.2, 0.25) is 0 Å². The number of hydrogen-bond acceptors (Lipinski definition) is 8. The molecule has 1 atom stereocenters. The second kappa shape index (κ2) is 7.47. The average molecular weight is 374 g/mol. The van der Waals surface area contributed by atoms with Gasteiger partial charge in [-0.05, 0) is 25.1 Å². The number of hydrogen-bond donors (Lipinski definition) is 3. The molecule has 0 amide bonds. The van der Waals surface area contributed by atoms with Crippen molar-refractivity contribution in [3.63, 3.8) is 0 Å². The third-order valence-corrected chi connectivity index (χ3v) is 3.71. The van der Waals surface area contributed by atoms with Gasteiger partial charge in [0.25, 0.3) is 5.69 Å². The zero-order valence-corrected chi connectivity index (χ0v) is 13.9. The predicted octanol–water partition coefficient (Wildman–Crippen LogP) is 2.20. The fourth-order valence-electron chi connectivity index (χ4n) is 2.40. The number of carboxylic acids is 1. The molecule has 0 heterocycles. The van der Waals surface area contributed by atoms with Crippen LogP contribution >= 0.6 is 0 Å². The molecule has 2 rings (SSSR count). The zero-order chi connectivity index (χ0) is 20.3. The Bertz CT molecular complexity index is 958. The van der Waals surface area contributed by atoms with Gasteiger partial charge in [0.05, 0.1) is 9.85 Å². The fourth-order valence-corrected chi connectivity index (χ4v) is 2.40. The number of carbonyl (C=O) groups is 2. The Morgan fingerprint density at radius 1 is 1.11 bits per heavy atom. The predicted molar refractivity (Wildman–Crippen MR) is 94.8 cm³/mol. The van der Waals surface area contributed by atoms with E-state index in [1.54, 1.807) is 0 Å². The van der Waals surface area contributed by atoms with E-state index in [4.69, 9.17) is 10.8 Å². The second-order valence-corrected chi connectivity index (χ2v) is 5.49. The molecular weight excluding hydrogens is 360 g/mol. The summed E-state index contributed by atoms with van der Waals surface area (Å²) in [5.41, 5.74) is 2.75. The van der Waals surface area contributed by atoms with Crippen molar-refractivity contribution in [3.05, 3.63) is 67.8 Å². The number of anilines is 2. The first-order valence-electron chi connectivity index (χ1n) is 7.49. The third-order valence-electron chi connectivity index (χ3n) is 3.71. The number of carboxylic acid groups (broad SMARTS) is 1. The molecule has 0 spiro atoms. The third kappa shape index (κ3) is 3.81. The molecule has 0 saturated heterocycles. The zero-order valence-electron chi connectivity index (χ0n) is 13.9. The van der Waals surface area contributed by atoms with Crippen LogP contribution in [0.1, 0.15) is 22.8 Å². The SMILES string of the molecule is CC(Nc1ccc([N+](=O)[O-])c(C(=O)c2ccccc2N)c1[N+](=O)[O-])C(=O)O. The van der Waals surface area contributed by atoms with E-state index in [0.717, 1.165) is 12.1 Å². The van der Waals surface area contributed by atoms with Crippen LogP contribution in [0.4, 0.5) is 22.7 Å². The van der Waals surface area contributed by atoms with Gasteiger partial charge in [0, 0.05) is 17.3 Å². The standard InChI is InChI=1S/C16H14N4O7/c1-8(16(22)23)18-11-6-7-12(19(24)25)13(14(11)20(26)27)15(21)9-4-2-3-5-10(9)17/h2-8,18H,17H2,1H3,(H,22,23). The quantitative estimate of drug-likeness (QED) is 0.283. The largest absolute Gasteiger partial charge is 0.480 e. The van der Waals surface area contributed by atoms with Crippen LogP contribution in [-0.2, 0) is 4.79 Å². The molecular formula is C16H14N4O7. The van der Waals surface area contributed by atoms with Gasteiger partial charge in [-0.25, -0.2) is 0 Å². The number of nitrogen functional groups attached to an aromatic ring is 1. The molecule has 0 aliphatic heterocycles. The number of para-hydroxylation sites is 1. The fraction of sp³-hybridized carbons (Fsp3) is 0.125. The Hall–Kier alpha value is -4.02. The second-order valence-electron chi connectivity index (χ2n) is 5.49. The van der Waals surface area contributed by atoms with E-state index < -0.39 is 44.6 Å². The smallest absolute Gasteiger partial charge is 0.325 e. The minimum absolute atomic E-state index is 0.0108. The molecule has 11 nitrogen and oxygen atoms in total. The molecule has 0 aliphatic rings. The Kier molecular flexibility index (Phi) is 5.34. The molecule has 0 bridgehead atoms. The van der Waals surface area contributed by atoms with E-state index >= 15 is 0 Å². The molecule has 0 radical (unpaired) electrons. The molecule has 2 aromatic carbocycles. The van der Waals surface area contributed by atoms with Crippen LogP contribution in [0, 0.1) is 20.2 Å². The highest BCUT2D eigenvalue weighted by Crippen LogP contribution is 2.38. The molecule has 0 fully saturated rings. The lowest BCUT2D eigenvalue weighted by Gasteiger charge is -2.13. The first-order chi connectivity index (χ1) is 12.6. The van der Waals surface area contributed by atoms with Crippen molar-refractivity contribution < 1.29 is 24.5 Å². The first kappa shape index (κ1) is 19.3. The molecule has 0 aromatic heterocycles. The van der Waals surface area contributed by atoms with Crippen LogP contribution in [0.25, 0.3) is 0 Å². The van der Waals surface area contributed by atoms with E-state index in [-0.39, 0.29) is 16.9 Å². The number of nitrogens with two attached hydrogens (primary N) is 1. The summed E-state index contributed by atoms with van der Waals surface area (Å²) in [6, 6.07) is 6.29. The van der Waals surface area contributed by atoms with E-state index in [2.05, 4.69) is 5.32 Å². The minimum Gasteiger partial charge on any atom is -0.480 e.